The summed E-state index contributed by atoms with van der Waals surface area (Å²) in [6.07, 6.45) is 25.2. The van der Waals surface area contributed by atoms with Crippen LogP contribution in [0.3, 0.4) is 0 Å². The zero-order valence-electron chi connectivity index (χ0n) is 35.2. The van der Waals surface area contributed by atoms with Gasteiger partial charge >= 0.3 is 0 Å². The van der Waals surface area contributed by atoms with Gasteiger partial charge in [-0.05, 0) is 109 Å². The highest BCUT2D eigenvalue weighted by atomic mass is 79.9. The fourth-order valence-corrected chi connectivity index (χ4v) is 18.3. The second kappa shape index (κ2) is 21.7. The molecule has 0 bridgehead atoms. The SMILES string of the molecule is BrCCCCCCC1(CCCCCCBr)c2ccsc2-c2sc(-c3c4c(c(-c5cc6c(s5)-c5sccc5C6(CCCCCCBr)CCCCCCBr)c5nsnc35)N=S=N4)cc21. The first-order valence-electron chi connectivity index (χ1n) is 22.7. The van der Waals surface area contributed by atoms with E-state index in [1.54, 1.807) is 22.3 Å². The van der Waals surface area contributed by atoms with E-state index >= 15 is 0 Å². The Hall–Kier alpha value is -0.420. The summed E-state index contributed by atoms with van der Waals surface area (Å²) in [6.45, 7) is 0. The van der Waals surface area contributed by atoms with E-state index in [2.05, 4.69) is 98.7 Å². The van der Waals surface area contributed by atoms with Crippen molar-refractivity contribution in [1.82, 2.24) is 8.75 Å². The molecular formula is C48H54Br4N4S6. The van der Waals surface area contributed by atoms with Crippen molar-refractivity contribution < 1.29 is 0 Å². The lowest BCUT2D eigenvalue weighted by Gasteiger charge is -2.31. The molecule has 2 aliphatic carbocycles. The van der Waals surface area contributed by atoms with E-state index in [1.807, 2.05) is 45.3 Å². The minimum absolute atomic E-state index is 0.0630. The van der Waals surface area contributed by atoms with Crippen molar-refractivity contribution in [3.8, 4) is 40.4 Å². The summed E-state index contributed by atoms with van der Waals surface area (Å²) >= 11 is 25.2. The Morgan fingerprint density at radius 3 is 1.18 bits per heavy atom. The molecule has 6 aromatic rings. The third-order valence-corrected chi connectivity index (χ3v) is 21.4. The van der Waals surface area contributed by atoms with Crippen molar-refractivity contribution in [3.05, 3.63) is 57.3 Å². The number of benzene rings is 1. The van der Waals surface area contributed by atoms with Crippen molar-refractivity contribution >= 4 is 155 Å². The minimum atomic E-state index is 0.0630. The first-order valence-corrected chi connectivity index (χ1v) is 32.0. The smallest absolute Gasteiger partial charge is 0.116 e. The molecular weight excluding hydrogens is 1140 g/mol. The first kappa shape index (κ1) is 46.7. The number of halogens is 4. The van der Waals surface area contributed by atoms with Gasteiger partial charge in [0, 0.05) is 72.5 Å². The van der Waals surface area contributed by atoms with E-state index in [0.29, 0.717) is 0 Å². The molecule has 9 rings (SSSR count). The molecule has 0 radical (unpaired) electrons. The number of hydrogen-bond acceptors (Lipinski definition) is 9. The maximum Gasteiger partial charge on any atom is 0.116 e. The lowest BCUT2D eigenvalue weighted by atomic mass is 9.71. The van der Waals surface area contributed by atoms with Crippen LogP contribution < -0.4 is 0 Å². The van der Waals surface area contributed by atoms with Crippen LogP contribution in [-0.2, 0) is 22.2 Å². The lowest BCUT2D eigenvalue weighted by molar-refractivity contribution is 0.402. The number of fused-ring (bicyclic) bond motifs is 8. The molecule has 0 atom stereocenters. The van der Waals surface area contributed by atoms with E-state index in [0.717, 1.165) is 54.9 Å². The van der Waals surface area contributed by atoms with Crippen LogP contribution in [0.25, 0.3) is 51.4 Å². The van der Waals surface area contributed by atoms with Crippen LogP contribution in [0.5, 0.6) is 0 Å². The molecule has 0 saturated heterocycles. The van der Waals surface area contributed by atoms with Gasteiger partial charge in [-0.1, -0.05) is 141 Å². The summed E-state index contributed by atoms with van der Waals surface area (Å²) < 4.78 is 20.6. The van der Waals surface area contributed by atoms with Gasteiger partial charge in [-0.25, -0.2) is 0 Å². The Bertz CT molecular complexity index is 2340. The summed E-state index contributed by atoms with van der Waals surface area (Å²) in [4.78, 5) is 8.47. The third-order valence-electron chi connectivity index (χ3n) is 13.6. The van der Waals surface area contributed by atoms with Gasteiger partial charge < -0.3 is 0 Å². The summed E-state index contributed by atoms with van der Waals surface area (Å²) in [5, 5.41) is 9.07. The van der Waals surface area contributed by atoms with Crippen LogP contribution in [0.4, 0.5) is 11.4 Å². The Balaban J connectivity index is 1.11. The Kier molecular flexibility index (Phi) is 16.3. The fraction of sp³-hybridized carbons (Fsp3) is 0.542. The van der Waals surface area contributed by atoms with Crippen LogP contribution >= 0.6 is 121 Å². The van der Waals surface area contributed by atoms with Gasteiger partial charge in [-0.15, -0.1) is 45.3 Å². The van der Waals surface area contributed by atoms with Crippen molar-refractivity contribution in [2.24, 2.45) is 8.73 Å². The van der Waals surface area contributed by atoms with Crippen LogP contribution in [0.2, 0.25) is 0 Å². The Morgan fingerprint density at radius 1 is 0.435 bits per heavy atom. The summed E-state index contributed by atoms with van der Waals surface area (Å²) in [7, 11) is 0. The zero-order chi connectivity index (χ0) is 42.5. The zero-order valence-corrected chi connectivity index (χ0v) is 46.4. The molecule has 330 valence electrons. The fourth-order valence-electron chi connectivity index (χ4n) is 10.6. The van der Waals surface area contributed by atoms with Crippen molar-refractivity contribution in [3.63, 3.8) is 0 Å². The van der Waals surface area contributed by atoms with Gasteiger partial charge in [-0.3, -0.25) is 0 Å². The first-order chi connectivity index (χ1) is 30.6. The monoisotopic (exact) mass is 1190 g/mol. The summed E-state index contributed by atoms with van der Waals surface area (Å²) in [6, 6.07) is 10.1. The van der Waals surface area contributed by atoms with E-state index in [1.165, 1.54) is 181 Å². The van der Waals surface area contributed by atoms with Crippen LogP contribution in [0.15, 0.2) is 43.8 Å². The van der Waals surface area contributed by atoms with Crippen molar-refractivity contribution in [1.29, 1.82) is 0 Å². The highest BCUT2D eigenvalue weighted by molar-refractivity contribution is 9.09. The molecule has 0 unspecified atom stereocenters. The molecule has 1 aliphatic heterocycles. The standard InChI is InChI=1S/C48H54Br4N4S6/c49-23-13-5-1-9-19-47(20-10-2-6-14-24-50)31-17-27-57-43(31)45-33(47)29-35(59-45)37-39-41(55-61-53-39)38(42-40(37)54-62-56-42)36-30-34-46(60-36)44-32(18-28-58-44)48(34,21-11-3-7-15-25-51)22-12-4-8-16-26-52/h17-18,27-30H,1-16,19-26H2. The molecule has 0 N–H and O–H groups in total. The predicted molar refractivity (Wildman–Crippen MR) is 291 cm³/mol. The number of hydrogen-bond donors (Lipinski definition) is 0. The molecule has 0 saturated carbocycles. The molecule has 62 heavy (non-hydrogen) atoms. The average Bonchev–Trinajstić information content (AvgIpc) is 4.14. The number of nitrogens with zero attached hydrogens (tertiary/aromatic N) is 4. The minimum Gasteiger partial charge on any atom is -0.172 e. The molecule has 14 heteroatoms. The molecule has 6 heterocycles. The number of aromatic nitrogens is 2. The maximum atomic E-state index is 5.14. The highest BCUT2D eigenvalue weighted by Crippen LogP contribution is 2.64. The van der Waals surface area contributed by atoms with Gasteiger partial charge in [0.2, 0.25) is 0 Å². The second-order valence-corrected chi connectivity index (χ2v) is 25.4. The van der Waals surface area contributed by atoms with Crippen molar-refractivity contribution in [2.45, 2.75) is 139 Å². The number of unbranched alkanes of at least 4 members (excludes halogenated alkanes) is 12. The van der Waals surface area contributed by atoms with Gasteiger partial charge in [0.1, 0.15) is 22.4 Å². The number of thiophene rings is 4. The van der Waals surface area contributed by atoms with Gasteiger partial charge in [0.25, 0.3) is 0 Å². The Labute approximate surface area is 425 Å². The second-order valence-electron chi connectivity index (χ2n) is 17.3. The summed E-state index contributed by atoms with van der Waals surface area (Å²) in [5.74, 6) is 0. The van der Waals surface area contributed by atoms with Gasteiger partial charge in [-0.2, -0.15) is 17.5 Å². The molecule has 0 amide bonds. The normalized spacial score (nSPS) is 15.0. The topological polar surface area (TPSA) is 50.5 Å². The van der Waals surface area contributed by atoms with E-state index in [4.69, 9.17) is 17.5 Å². The number of rotatable bonds is 26. The van der Waals surface area contributed by atoms with E-state index < -0.39 is 0 Å². The summed E-state index contributed by atoms with van der Waals surface area (Å²) in [5.41, 5.74) is 12.6. The number of alkyl halides is 4. The largest absolute Gasteiger partial charge is 0.172 e. The highest BCUT2D eigenvalue weighted by Gasteiger charge is 2.47. The third kappa shape index (κ3) is 8.90. The van der Waals surface area contributed by atoms with Gasteiger partial charge in [0.15, 0.2) is 0 Å². The molecule has 4 nitrogen and oxygen atoms in total. The van der Waals surface area contributed by atoms with Crippen LogP contribution in [0.1, 0.15) is 151 Å². The molecule has 0 spiro atoms. The molecule has 0 fully saturated rings. The van der Waals surface area contributed by atoms with Crippen molar-refractivity contribution in [2.75, 3.05) is 21.3 Å². The molecule has 1 aromatic carbocycles. The average molecular weight is 1200 g/mol. The lowest BCUT2D eigenvalue weighted by Crippen LogP contribution is -2.25. The maximum absolute atomic E-state index is 5.14. The van der Waals surface area contributed by atoms with Crippen LogP contribution in [0, 0.1) is 0 Å². The molecule has 3 aliphatic rings. The van der Waals surface area contributed by atoms with Crippen LogP contribution in [-0.4, -0.2) is 30.1 Å². The van der Waals surface area contributed by atoms with E-state index in [-0.39, 0.29) is 10.8 Å². The quantitative estimate of drug-likeness (QED) is 0.0401. The predicted octanol–water partition coefficient (Wildman–Crippen LogP) is 19.9. The van der Waals surface area contributed by atoms with Gasteiger partial charge in [0.05, 0.1) is 23.1 Å². The van der Waals surface area contributed by atoms with E-state index in [9.17, 15) is 0 Å². The Morgan fingerprint density at radius 2 is 0.806 bits per heavy atom. The molecule has 5 aromatic heterocycles.